The maximum atomic E-state index is 13.6. The number of benzene rings is 3. The lowest BCUT2D eigenvalue weighted by Gasteiger charge is -2.40. The molecule has 0 bridgehead atoms. The molecule has 6 heterocycles. The molecule has 11 nitrogen and oxygen atoms in total. The molecular weight excluding hydrogens is 714 g/mol. The summed E-state index contributed by atoms with van der Waals surface area (Å²) in [7, 11) is 0. The Balaban J connectivity index is 0.758. The molecule has 3 aromatic rings. The molecule has 2 unspecified atom stereocenters. The van der Waals surface area contributed by atoms with Crippen LogP contribution in [-0.4, -0.2) is 89.2 Å². The maximum absolute atomic E-state index is 13.6. The summed E-state index contributed by atoms with van der Waals surface area (Å²) in [5.74, 6) is -0.704. The fourth-order valence-electron chi connectivity index (χ4n) is 10.2. The summed E-state index contributed by atoms with van der Waals surface area (Å²) < 4.78 is 0. The number of piperidine rings is 3. The topological polar surface area (TPSA) is 101 Å². The number of likely N-dealkylation sites (tertiary alicyclic amines) is 1. The van der Waals surface area contributed by atoms with E-state index in [9.17, 15) is 19.2 Å². The lowest BCUT2D eigenvalue weighted by atomic mass is 9.76. The highest BCUT2D eigenvalue weighted by molar-refractivity contribution is 6.33. The first-order valence-corrected chi connectivity index (χ1v) is 20.1. The van der Waals surface area contributed by atoms with Gasteiger partial charge in [0.15, 0.2) is 0 Å². The van der Waals surface area contributed by atoms with Crippen molar-refractivity contribution in [1.82, 2.24) is 20.0 Å². The van der Waals surface area contributed by atoms with Crippen LogP contribution in [0.15, 0.2) is 54.6 Å². The van der Waals surface area contributed by atoms with E-state index in [1.807, 2.05) is 41.3 Å². The van der Waals surface area contributed by atoms with Crippen molar-refractivity contribution in [2.45, 2.75) is 89.6 Å². The van der Waals surface area contributed by atoms with Gasteiger partial charge in [-0.25, -0.2) is 4.85 Å². The first kappa shape index (κ1) is 35.8. The van der Waals surface area contributed by atoms with Gasteiger partial charge in [0.2, 0.25) is 17.5 Å². The van der Waals surface area contributed by atoms with Crippen LogP contribution < -0.4 is 15.1 Å². The molecule has 4 amide bonds. The van der Waals surface area contributed by atoms with E-state index in [-0.39, 0.29) is 35.5 Å². The lowest BCUT2D eigenvalue weighted by molar-refractivity contribution is -0.136. The van der Waals surface area contributed by atoms with Crippen molar-refractivity contribution >= 4 is 52.3 Å². The Morgan fingerprint density at radius 3 is 2.25 bits per heavy atom. The average Bonchev–Trinajstić information content (AvgIpc) is 3.86. The predicted molar refractivity (Wildman–Crippen MR) is 210 cm³/mol. The number of nitrogens with one attached hydrogen (secondary N) is 1. The summed E-state index contributed by atoms with van der Waals surface area (Å²) in [4.78, 5) is 65.6. The molecule has 3 aromatic carbocycles. The zero-order chi connectivity index (χ0) is 38.0. The highest BCUT2D eigenvalue weighted by Gasteiger charge is 2.45. The molecule has 0 aromatic heterocycles. The fraction of sp³-hybridized carbons (Fsp3) is 0.465. The van der Waals surface area contributed by atoms with Crippen molar-refractivity contribution in [2.75, 3.05) is 42.5 Å². The second-order valence-electron chi connectivity index (χ2n) is 16.6. The Labute approximate surface area is 327 Å². The van der Waals surface area contributed by atoms with E-state index in [1.54, 1.807) is 4.90 Å². The number of halogens is 1. The van der Waals surface area contributed by atoms with E-state index in [2.05, 4.69) is 50.0 Å². The number of imide groups is 1. The van der Waals surface area contributed by atoms with Crippen LogP contribution in [0.4, 0.5) is 17.1 Å². The standard InChI is InChI=1S/C43H46ClN7O4/c1-27-22-43(26-51(27)34-7-8-37(45-2)36(44)21-34)13-17-47(18-14-43)32-5-3-28(4-6-32)41(54)48-15-11-33(12-16-48)49-23-29-19-31-25-50(38-9-10-39(52)46-40(38)53)42(55)35(31)20-30(29)24-49/h3-8,19-21,27,33,38H,9-18,22-26H2,1H3,(H,46,52,53). The minimum Gasteiger partial charge on any atom is -0.371 e. The van der Waals surface area contributed by atoms with Crippen LogP contribution in [0.5, 0.6) is 0 Å². The molecule has 9 rings (SSSR count). The van der Waals surface area contributed by atoms with Gasteiger partial charge >= 0.3 is 0 Å². The third-order valence-corrected chi connectivity index (χ3v) is 13.6. The Kier molecular flexibility index (Phi) is 9.09. The lowest BCUT2D eigenvalue weighted by Crippen LogP contribution is -2.52. The number of carbonyl (C=O) groups excluding carboxylic acids is 4. The van der Waals surface area contributed by atoms with Gasteiger partial charge in [0.25, 0.3) is 11.8 Å². The van der Waals surface area contributed by atoms with E-state index < -0.39 is 6.04 Å². The second kappa shape index (κ2) is 14.0. The van der Waals surface area contributed by atoms with E-state index in [0.717, 1.165) is 87.2 Å². The number of nitrogens with zero attached hydrogens (tertiary/aromatic N) is 6. The quantitative estimate of drug-likeness (QED) is 0.246. The first-order chi connectivity index (χ1) is 26.6. The summed E-state index contributed by atoms with van der Waals surface area (Å²) in [6.45, 7) is 16.0. The number of carbonyl (C=O) groups is 4. The van der Waals surface area contributed by atoms with Crippen LogP contribution in [0, 0.1) is 12.0 Å². The third-order valence-electron chi connectivity index (χ3n) is 13.3. The molecule has 6 aliphatic rings. The summed E-state index contributed by atoms with van der Waals surface area (Å²) in [5, 5.41) is 2.89. The highest BCUT2D eigenvalue weighted by atomic mass is 35.5. The van der Waals surface area contributed by atoms with Gasteiger partial charge in [-0.05, 0) is 110 Å². The van der Waals surface area contributed by atoms with Gasteiger partial charge in [-0.15, -0.1) is 0 Å². The summed E-state index contributed by atoms with van der Waals surface area (Å²) in [6.07, 6.45) is 5.80. The molecule has 0 saturated carbocycles. The fourth-order valence-corrected chi connectivity index (χ4v) is 10.4. The number of hydrogen-bond acceptors (Lipinski definition) is 7. The van der Waals surface area contributed by atoms with Gasteiger partial charge in [-0.2, -0.15) is 0 Å². The SMILES string of the molecule is [C-]#[N+]c1ccc(N2CC3(CCN(c4ccc(C(=O)N5CCC(N6Cc7cc8c(cc7C6)C(=O)N(C6CCC(=O)NC6=O)C8)CC5)cc4)CC3)CC2C)cc1Cl. The zero-order valence-corrected chi connectivity index (χ0v) is 32.0. The number of amides is 4. The van der Waals surface area contributed by atoms with Crippen molar-refractivity contribution in [3.05, 3.63) is 98.9 Å². The van der Waals surface area contributed by atoms with Crippen molar-refractivity contribution in [3.63, 3.8) is 0 Å². The van der Waals surface area contributed by atoms with Gasteiger partial charge < -0.3 is 19.6 Å². The van der Waals surface area contributed by atoms with E-state index in [1.165, 1.54) is 11.3 Å². The van der Waals surface area contributed by atoms with Crippen LogP contribution in [-0.2, 0) is 29.2 Å². The number of rotatable bonds is 5. The Morgan fingerprint density at radius 2 is 1.56 bits per heavy atom. The Hall–Kier alpha value is -4.92. The monoisotopic (exact) mass is 759 g/mol. The largest absolute Gasteiger partial charge is 0.371 e. The summed E-state index contributed by atoms with van der Waals surface area (Å²) in [6, 6.07) is 18.3. The van der Waals surface area contributed by atoms with Crippen LogP contribution in [0.1, 0.15) is 89.3 Å². The van der Waals surface area contributed by atoms with Crippen LogP contribution >= 0.6 is 11.6 Å². The van der Waals surface area contributed by atoms with Crippen LogP contribution in [0.3, 0.4) is 0 Å². The molecule has 0 radical (unpaired) electrons. The molecule has 6 aliphatic heterocycles. The molecule has 4 fully saturated rings. The zero-order valence-electron chi connectivity index (χ0n) is 31.2. The van der Waals surface area contributed by atoms with Gasteiger partial charge in [0.1, 0.15) is 6.04 Å². The smallest absolute Gasteiger partial charge is 0.255 e. The van der Waals surface area contributed by atoms with Gasteiger partial charge in [0, 0.05) is 98.4 Å². The summed E-state index contributed by atoms with van der Waals surface area (Å²) >= 11 is 6.39. The van der Waals surface area contributed by atoms with Crippen molar-refractivity contribution in [3.8, 4) is 0 Å². The van der Waals surface area contributed by atoms with Gasteiger partial charge in [-0.3, -0.25) is 29.4 Å². The van der Waals surface area contributed by atoms with E-state index in [4.69, 9.17) is 18.2 Å². The molecule has 1 N–H and O–H groups in total. The molecule has 0 aliphatic carbocycles. The molecular formula is C43H46ClN7O4. The predicted octanol–water partition coefficient (Wildman–Crippen LogP) is 6.16. The van der Waals surface area contributed by atoms with E-state index >= 15 is 0 Å². The molecule has 12 heteroatoms. The number of anilines is 2. The maximum Gasteiger partial charge on any atom is 0.255 e. The molecule has 55 heavy (non-hydrogen) atoms. The minimum absolute atomic E-state index is 0.0902. The average molecular weight is 760 g/mol. The molecule has 1 spiro atoms. The van der Waals surface area contributed by atoms with E-state index in [0.29, 0.717) is 54.4 Å². The van der Waals surface area contributed by atoms with Crippen molar-refractivity contribution in [2.24, 2.45) is 5.41 Å². The molecule has 4 saturated heterocycles. The Morgan fingerprint density at radius 1 is 0.855 bits per heavy atom. The minimum atomic E-state index is -0.601. The van der Waals surface area contributed by atoms with Crippen LogP contribution in [0.25, 0.3) is 4.85 Å². The normalized spacial score (nSPS) is 24.0. The summed E-state index contributed by atoms with van der Waals surface area (Å²) in [5.41, 5.74) is 7.77. The highest BCUT2D eigenvalue weighted by Crippen LogP contribution is 2.46. The number of hydrogen-bond donors (Lipinski definition) is 1. The van der Waals surface area contributed by atoms with Gasteiger partial charge in [0.05, 0.1) is 6.57 Å². The van der Waals surface area contributed by atoms with Crippen molar-refractivity contribution in [1.29, 1.82) is 0 Å². The third kappa shape index (κ3) is 6.53. The van der Waals surface area contributed by atoms with Crippen LogP contribution in [0.2, 0.25) is 5.02 Å². The van der Waals surface area contributed by atoms with Crippen molar-refractivity contribution < 1.29 is 19.2 Å². The molecule has 2 atom stereocenters. The second-order valence-corrected chi connectivity index (χ2v) is 17.0. The Bertz CT molecular complexity index is 2120. The first-order valence-electron chi connectivity index (χ1n) is 19.7. The molecule has 284 valence electrons. The van der Waals surface area contributed by atoms with Gasteiger partial charge in [-0.1, -0.05) is 23.7 Å². The number of fused-ring (bicyclic) bond motifs is 2.